The van der Waals surface area contributed by atoms with Gasteiger partial charge in [0.1, 0.15) is 24.2 Å². The lowest BCUT2D eigenvalue weighted by Gasteiger charge is -2.33. The van der Waals surface area contributed by atoms with E-state index in [1.165, 1.54) is 48.4 Å². The lowest BCUT2D eigenvalue weighted by Crippen LogP contribution is -2.52. The Balaban J connectivity index is 2.08. The van der Waals surface area contributed by atoms with Crippen LogP contribution in [0.2, 0.25) is 0 Å². The first-order valence-corrected chi connectivity index (χ1v) is 13.7. The molecule has 38 heavy (non-hydrogen) atoms. The van der Waals surface area contributed by atoms with Gasteiger partial charge in [0, 0.05) is 13.1 Å². The largest absolute Gasteiger partial charge is 0.495 e. The number of likely N-dealkylation sites (N-methyl/N-ethyl adjacent to an activating group) is 1. The van der Waals surface area contributed by atoms with Crippen LogP contribution in [0.25, 0.3) is 0 Å². The van der Waals surface area contributed by atoms with Gasteiger partial charge in [-0.3, -0.25) is 13.9 Å². The third kappa shape index (κ3) is 6.69. The first-order chi connectivity index (χ1) is 18.2. The van der Waals surface area contributed by atoms with Crippen LogP contribution >= 0.6 is 0 Å². The van der Waals surface area contributed by atoms with Gasteiger partial charge < -0.3 is 15.0 Å². The van der Waals surface area contributed by atoms with Crippen LogP contribution in [-0.4, -0.2) is 51.4 Å². The van der Waals surface area contributed by atoms with Crippen LogP contribution in [-0.2, 0) is 26.2 Å². The molecule has 0 saturated carbocycles. The summed E-state index contributed by atoms with van der Waals surface area (Å²) >= 11 is 0. The summed E-state index contributed by atoms with van der Waals surface area (Å²) in [6.07, 6.45) is 0.291. The number of anilines is 1. The van der Waals surface area contributed by atoms with E-state index in [0.717, 1.165) is 4.31 Å². The molecule has 0 unspecified atom stereocenters. The fourth-order valence-electron chi connectivity index (χ4n) is 4.07. The number of amides is 2. The molecule has 0 heterocycles. The predicted molar refractivity (Wildman–Crippen MR) is 144 cm³/mol. The number of methoxy groups -OCH3 is 1. The SMILES string of the molecule is CCNC(=O)[C@H](CC)N(Cc1ccc(F)cc1)C(=O)CN(c1ccccc1OC)S(=O)(=O)c1ccccc1. The van der Waals surface area contributed by atoms with Crippen molar-refractivity contribution in [3.63, 3.8) is 0 Å². The van der Waals surface area contributed by atoms with E-state index < -0.39 is 34.3 Å². The zero-order chi connectivity index (χ0) is 27.7. The molecule has 8 nitrogen and oxygen atoms in total. The summed E-state index contributed by atoms with van der Waals surface area (Å²) in [5.41, 5.74) is 0.775. The highest BCUT2D eigenvalue weighted by molar-refractivity contribution is 7.92. The van der Waals surface area contributed by atoms with Crippen molar-refractivity contribution >= 4 is 27.5 Å². The van der Waals surface area contributed by atoms with Crippen molar-refractivity contribution in [2.24, 2.45) is 0 Å². The molecule has 0 aliphatic carbocycles. The van der Waals surface area contributed by atoms with E-state index in [1.807, 2.05) is 0 Å². The first kappa shape index (κ1) is 28.6. The molecular formula is C28H32FN3O5S. The number of para-hydroxylation sites is 2. The minimum atomic E-state index is -4.20. The smallest absolute Gasteiger partial charge is 0.264 e. The molecule has 3 aromatic rings. The van der Waals surface area contributed by atoms with Gasteiger partial charge in [-0.25, -0.2) is 12.8 Å². The van der Waals surface area contributed by atoms with E-state index in [2.05, 4.69) is 5.32 Å². The monoisotopic (exact) mass is 541 g/mol. The van der Waals surface area contributed by atoms with Crippen molar-refractivity contribution in [3.8, 4) is 5.75 Å². The van der Waals surface area contributed by atoms with Crippen LogP contribution in [0, 0.1) is 5.82 Å². The minimum absolute atomic E-state index is 0.000409. The molecule has 10 heteroatoms. The van der Waals surface area contributed by atoms with Crippen LogP contribution in [0.4, 0.5) is 10.1 Å². The number of carbonyl (C=O) groups is 2. The van der Waals surface area contributed by atoms with Gasteiger partial charge in [-0.05, 0) is 55.3 Å². The Morgan fingerprint density at radius 3 is 2.18 bits per heavy atom. The number of carbonyl (C=O) groups excluding carboxylic acids is 2. The van der Waals surface area contributed by atoms with Crippen molar-refractivity contribution in [2.75, 3.05) is 24.5 Å². The standard InChI is InChI=1S/C28H32FN3O5S/c1-4-24(28(34)30-5-2)31(19-21-15-17-22(29)18-16-21)27(33)20-32(25-13-9-10-14-26(25)37-3)38(35,36)23-11-7-6-8-12-23/h6-18,24H,4-5,19-20H2,1-3H3,(H,30,34)/t24-/m0/s1. The lowest BCUT2D eigenvalue weighted by molar-refractivity contribution is -0.140. The van der Waals surface area contributed by atoms with Crippen LogP contribution in [0.1, 0.15) is 25.8 Å². The number of ether oxygens (including phenoxy) is 1. The number of halogens is 1. The van der Waals surface area contributed by atoms with Crippen molar-refractivity contribution in [2.45, 2.75) is 37.8 Å². The average Bonchev–Trinajstić information content (AvgIpc) is 2.93. The molecule has 0 saturated heterocycles. The van der Waals surface area contributed by atoms with Gasteiger partial charge in [-0.1, -0.05) is 49.4 Å². The molecule has 3 rings (SSSR count). The summed E-state index contributed by atoms with van der Waals surface area (Å²) in [5, 5.41) is 2.74. The number of benzene rings is 3. The first-order valence-electron chi connectivity index (χ1n) is 12.2. The molecule has 1 atom stereocenters. The predicted octanol–water partition coefficient (Wildman–Crippen LogP) is 3.97. The lowest BCUT2D eigenvalue weighted by atomic mass is 10.1. The third-order valence-electron chi connectivity index (χ3n) is 5.97. The van der Waals surface area contributed by atoms with Gasteiger partial charge in [0.2, 0.25) is 11.8 Å². The molecule has 1 N–H and O–H groups in total. The van der Waals surface area contributed by atoms with Crippen LogP contribution in [0.15, 0.2) is 83.8 Å². The van der Waals surface area contributed by atoms with Gasteiger partial charge >= 0.3 is 0 Å². The molecule has 0 bridgehead atoms. The van der Waals surface area contributed by atoms with Gasteiger partial charge in [0.05, 0.1) is 17.7 Å². The highest BCUT2D eigenvalue weighted by Gasteiger charge is 2.34. The number of hydrogen-bond donors (Lipinski definition) is 1. The van der Waals surface area contributed by atoms with E-state index in [-0.39, 0.29) is 28.8 Å². The summed E-state index contributed by atoms with van der Waals surface area (Å²) in [7, 11) is -2.79. The van der Waals surface area contributed by atoms with Crippen molar-refractivity contribution in [1.82, 2.24) is 10.2 Å². The van der Waals surface area contributed by atoms with Gasteiger partial charge in [-0.2, -0.15) is 0 Å². The van der Waals surface area contributed by atoms with Crippen LogP contribution in [0.3, 0.4) is 0 Å². The Labute approximate surface area is 223 Å². The Morgan fingerprint density at radius 1 is 0.947 bits per heavy atom. The third-order valence-corrected chi connectivity index (χ3v) is 7.74. The Bertz CT molecular complexity index is 1330. The van der Waals surface area contributed by atoms with E-state index in [9.17, 15) is 22.4 Å². The van der Waals surface area contributed by atoms with E-state index in [0.29, 0.717) is 18.5 Å². The Kier molecular flexibility index (Phi) is 9.84. The minimum Gasteiger partial charge on any atom is -0.495 e. The number of rotatable bonds is 12. The molecule has 0 aliphatic rings. The van der Waals surface area contributed by atoms with Gasteiger partial charge in [0.15, 0.2) is 0 Å². The van der Waals surface area contributed by atoms with Crippen LogP contribution in [0.5, 0.6) is 5.75 Å². The average molecular weight is 542 g/mol. The summed E-state index contributed by atoms with van der Waals surface area (Å²) in [6.45, 7) is 3.30. The van der Waals surface area contributed by atoms with E-state index in [4.69, 9.17) is 4.74 Å². The zero-order valence-corrected chi connectivity index (χ0v) is 22.4. The molecule has 3 aromatic carbocycles. The Morgan fingerprint density at radius 2 is 1.58 bits per heavy atom. The van der Waals surface area contributed by atoms with Gasteiger partial charge in [-0.15, -0.1) is 0 Å². The number of hydrogen-bond acceptors (Lipinski definition) is 5. The fourth-order valence-corrected chi connectivity index (χ4v) is 5.51. The molecule has 0 aliphatic heterocycles. The normalized spacial score (nSPS) is 11.9. The van der Waals surface area contributed by atoms with Crippen LogP contribution < -0.4 is 14.4 Å². The molecular weight excluding hydrogens is 509 g/mol. The van der Waals surface area contributed by atoms with Crippen molar-refractivity contribution in [1.29, 1.82) is 0 Å². The molecule has 0 fully saturated rings. The fraction of sp³-hybridized carbons (Fsp3) is 0.286. The highest BCUT2D eigenvalue weighted by atomic mass is 32.2. The maximum atomic E-state index is 13.9. The van der Waals surface area contributed by atoms with Crippen molar-refractivity contribution in [3.05, 3.63) is 90.2 Å². The molecule has 0 spiro atoms. The van der Waals surface area contributed by atoms with E-state index in [1.54, 1.807) is 56.3 Å². The Hall–Kier alpha value is -3.92. The molecule has 0 aromatic heterocycles. The van der Waals surface area contributed by atoms with Gasteiger partial charge in [0.25, 0.3) is 10.0 Å². The summed E-state index contributed by atoms with van der Waals surface area (Å²) in [5.74, 6) is -1.13. The summed E-state index contributed by atoms with van der Waals surface area (Å²) in [4.78, 5) is 28.2. The quantitative estimate of drug-likeness (QED) is 0.374. The zero-order valence-electron chi connectivity index (χ0n) is 21.6. The number of nitrogens with one attached hydrogen (secondary N) is 1. The number of nitrogens with zero attached hydrogens (tertiary/aromatic N) is 2. The summed E-state index contributed by atoms with van der Waals surface area (Å²) < 4.78 is 47.6. The maximum Gasteiger partial charge on any atom is 0.264 e. The molecule has 0 radical (unpaired) electrons. The topological polar surface area (TPSA) is 96.0 Å². The maximum absolute atomic E-state index is 13.9. The second kappa shape index (κ2) is 13.0. The second-order valence-electron chi connectivity index (χ2n) is 8.46. The van der Waals surface area contributed by atoms with Crippen molar-refractivity contribution < 1.29 is 27.1 Å². The second-order valence-corrected chi connectivity index (χ2v) is 10.3. The number of sulfonamides is 1. The van der Waals surface area contributed by atoms with E-state index >= 15 is 0 Å². The molecule has 202 valence electrons. The molecule has 2 amide bonds. The highest BCUT2D eigenvalue weighted by Crippen LogP contribution is 2.32. The summed E-state index contributed by atoms with van der Waals surface area (Å²) in [6, 6.07) is 19.0.